The van der Waals surface area contributed by atoms with Crippen molar-refractivity contribution in [3.8, 4) is 0 Å². The number of hydrogen-bond acceptors (Lipinski definition) is 5. The van der Waals surface area contributed by atoms with Gasteiger partial charge in [-0.3, -0.25) is 0 Å². The summed E-state index contributed by atoms with van der Waals surface area (Å²) in [7, 11) is 0. The third-order valence-corrected chi connectivity index (χ3v) is 2.73. The molecule has 0 amide bonds. The molecule has 0 saturated heterocycles. The Kier molecular flexibility index (Phi) is 3.92. The van der Waals surface area contributed by atoms with E-state index in [-0.39, 0.29) is 0 Å². The molecule has 2 aromatic heterocycles. The summed E-state index contributed by atoms with van der Waals surface area (Å²) < 4.78 is 5.47. The highest BCUT2D eigenvalue weighted by atomic mass is 16.3. The van der Waals surface area contributed by atoms with Gasteiger partial charge in [0.05, 0.1) is 17.9 Å². The summed E-state index contributed by atoms with van der Waals surface area (Å²) in [5.74, 6) is 2.33. The van der Waals surface area contributed by atoms with Crippen molar-refractivity contribution in [3.05, 3.63) is 35.0 Å². The van der Waals surface area contributed by atoms with Crippen LogP contribution in [0.15, 0.2) is 16.5 Å². The lowest BCUT2D eigenvalue weighted by molar-refractivity contribution is 0.490. The summed E-state index contributed by atoms with van der Waals surface area (Å²) in [4.78, 5) is 4.46. The number of anilines is 1. The van der Waals surface area contributed by atoms with Crippen molar-refractivity contribution >= 4 is 5.95 Å². The lowest BCUT2D eigenvalue weighted by Crippen LogP contribution is -2.09. The second kappa shape index (κ2) is 5.62. The van der Waals surface area contributed by atoms with Gasteiger partial charge in [-0.15, -0.1) is 5.10 Å². The van der Waals surface area contributed by atoms with Crippen LogP contribution in [0.4, 0.5) is 5.95 Å². The third-order valence-electron chi connectivity index (χ3n) is 2.73. The fourth-order valence-electron chi connectivity index (χ4n) is 1.76. The number of aromatic nitrogens is 3. The van der Waals surface area contributed by atoms with Gasteiger partial charge in [0.2, 0.25) is 5.95 Å². The molecule has 5 nitrogen and oxygen atoms in total. The Morgan fingerprint density at radius 1 is 1.11 bits per heavy atom. The summed E-state index contributed by atoms with van der Waals surface area (Å²) >= 11 is 0. The molecular weight excluding hydrogens is 228 g/mol. The first kappa shape index (κ1) is 12.5. The van der Waals surface area contributed by atoms with Crippen LogP contribution in [0.1, 0.15) is 36.8 Å². The number of rotatable bonds is 5. The SMILES string of the molecule is CCc1nnc(NCc2ccc(C)o2)nc1CC. The van der Waals surface area contributed by atoms with E-state index in [1.54, 1.807) is 0 Å². The molecule has 0 unspecified atom stereocenters. The smallest absolute Gasteiger partial charge is 0.243 e. The first-order valence-corrected chi connectivity index (χ1v) is 6.24. The number of furan rings is 1. The molecule has 0 radical (unpaired) electrons. The highest BCUT2D eigenvalue weighted by Gasteiger charge is 2.06. The van der Waals surface area contributed by atoms with Gasteiger partial charge in [0, 0.05) is 0 Å². The number of aryl methyl sites for hydroxylation is 3. The maximum atomic E-state index is 5.47. The third kappa shape index (κ3) is 2.85. The molecule has 2 heterocycles. The van der Waals surface area contributed by atoms with Crippen LogP contribution in [0.2, 0.25) is 0 Å². The van der Waals surface area contributed by atoms with Gasteiger partial charge in [0.25, 0.3) is 0 Å². The molecule has 5 heteroatoms. The summed E-state index contributed by atoms with van der Waals surface area (Å²) in [5, 5.41) is 11.4. The fraction of sp³-hybridized carbons (Fsp3) is 0.462. The van der Waals surface area contributed by atoms with Crippen molar-refractivity contribution in [2.24, 2.45) is 0 Å². The summed E-state index contributed by atoms with van der Waals surface area (Å²) in [5.41, 5.74) is 1.97. The van der Waals surface area contributed by atoms with Crippen molar-refractivity contribution in [1.29, 1.82) is 0 Å². The Labute approximate surface area is 107 Å². The lowest BCUT2D eigenvalue weighted by Gasteiger charge is -2.06. The van der Waals surface area contributed by atoms with Gasteiger partial charge in [-0.1, -0.05) is 13.8 Å². The normalized spacial score (nSPS) is 10.6. The molecule has 2 rings (SSSR count). The van der Waals surface area contributed by atoms with Crippen molar-refractivity contribution in [1.82, 2.24) is 15.2 Å². The lowest BCUT2D eigenvalue weighted by atomic mass is 10.2. The van der Waals surface area contributed by atoms with Crippen LogP contribution < -0.4 is 5.32 Å². The monoisotopic (exact) mass is 246 g/mol. The van der Waals surface area contributed by atoms with Crippen molar-refractivity contribution in [2.45, 2.75) is 40.2 Å². The fourth-order valence-corrected chi connectivity index (χ4v) is 1.76. The van der Waals surface area contributed by atoms with Crippen molar-refractivity contribution in [2.75, 3.05) is 5.32 Å². The zero-order chi connectivity index (χ0) is 13.0. The highest BCUT2D eigenvalue weighted by molar-refractivity contribution is 5.26. The minimum absolute atomic E-state index is 0.554. The van der Waals surface area contributed by atoms with E-state index in [1.165, 1.54) is 0 Å². The van der Waals surface area contributed by atoms with E-state index in [1.807, 2.05) is 19.1 Å². The molecule has 96 valence electrons. The second-order valence-electron chi connectivity index (χ2n) is 4.10. The van der Waals surface area contributed by atoms with Crippen LogP contribution >= 0.6 is 0 Å². The minimum atomic E-state index is 0.554. The van der Waals surface area contributed by atoms with Crippen LogP contribution in [0.5, 0.6) is 0 Å². The molecule has 0 aliphatic rings. The molecule has 0 aliphatic carbocycles. The first-order chi connectivity index (χ1) is 8.72. The summed E-state index contributed by atoms with van der Waals surface area (Å²) in [6.45, 7) is 6.63. The highest BCUT2D eigenvalue weighted by Crippen LogP contribution is 2.10. The molecule has 18 heavy (non-hydrogen) atoms. The zero-order valence-corrected chi connectivity index (χ0v) is 11.0. The molecule has 0 atom stereocenters. The molecule has 1 N–H and O–H groups in total. The standard InChI is InChI=1S/C13H18N4O/c1-4-11-12(5-2)16-17-13(15-11)14-8-10-7-6-9(3)18-10/h6-7H,4-5,8H2,1-3H3,(H,14,15,17). The Morgan fingerprint density at radius 2 is 1.89 bits per heavy atom. The van der Waals surface area contributed by atoms with Crippen molar-refractivity contribution in [3.63, 3.8) is 0 Å². The Bertz CT molecular complexity index is 521. The largest absolute Gasteiger partial charge is 0.465 e. The second-order valence-corrected chi connectivity index (χ2v) is 4.10. The van der Waals surface area contributed by atoms with Gasteiger partial charge in [0.1, 0.15) is 11.5 Å². The minimum Gasteiger partial charge on any atom is -0.465 e. The first-order valence-electron chi connectivity index (χ1n) is 6.24. The zero-order valence-electron chi connectivity index (χ0n) is 11.0. The molecule has 0 bridgehead atoms. The predicted octanol–water partition coefficient (Wildman–Crippen LogP) is 2.51. The van der Waals surface area contributed by atoms with Crippen LogP contribution in [0.25, 0.3) is 0 Å². The Balaban J connectivity index is 2.05. The van der Waals surface area contributed by atoms with Crippen molar-refractivity contribution < 1.29 is 4.42 Å². The van der Waals surface area contributed by atoms with Gasteiger partial charge >= 0.3 is 0 Å². The van der Waals surface area contributed by atoms with Gasteiger partial charge < -0.3 is 9.73 Å². The van der Waals surface area contributed by atoms with E-state index in [9.17, 15) is 0 Å². The summed E-state index contributed by atoms with van der Waals surface area (Å²) in [6, 6.07) is 3.88. The molecule has 0 aliphatic heterocycles. The topological polar surface area (TPSA) is 63.8 Å². The van der Waals surface area contributed by atoms with Gasteiger partial charge in [0.15, 0.2) is 0 Å². The van der Waals surface area contributed by atoms with Crippen LogP contribution in [0, 0.1) is 6.92 Å². The van der Waals surface area contributed by atoms with E-state index in [2.05, 4.69) is 34.3 Å². The van der Waals surface area contributed by atoms with Crippen LogP contribution in [-0.2, 0) is 19.4 Å². The molecule has 0 spiro atoms. The van der Waals surface area contributed by atoms with Crippen LogP contribution in [-0.4, -0.2) is 15.2 Å². The van der Waals surface area contributed by atoms with Crippen LogP contribution in [0.3, 0.4) is 0 Å². The van der Waals surface area contributed by atoms with E-state index in [4.69, 9.17) is 4.42 Å². The number of nitrogens with zero attached hydrogens (tertiary/aromatic N) is 3. The van der Waals surface area contributed by atoms with Gasteiger partial charge in [-0.25, -0.2) is 4.98 Å². The van der Waals surface area contributed by atoms with E-state index < -0.39 is 0 Å². The maximum Gasteiger partial charge on any atom is 0.243 e. The Morgan fingerprint density at radius 3 is 2.50 bits per heavy atom. The predicted molar refractivity (Wildman–Crippen MR) is 69.4 cm³/mol. The quantitative estimate of drug-likeness (QED) is 0.878. The molecule has 0 saturated carbocycles. The van der Waals surface area contributed by atoms with E-state index in [0.717, 1.165) is 35.7 Å². The van der Waals surface area contributed by atoms with Gasteiger partial charge in [-0.2, -0.15) is 5.10 Å². The average molecular weight is 246 g/mol. The van der Waals surface area contributed by atoms with E-state index in [0.29, 0.717) is 12.5 Å². The number of hydrogen-bond donors (Lipinski definition) is 1. The molecule has 0 fully saturated rings. The Hall–Kier alpha value is -1.91. The molecule has 2 aromatic rings. The average Bonchev–Trinajstić information content (AvgIpc) is 2.81. The summed E-state index contributed by atoms with van der Waals surface area (Å²) in [6.07, 6.45) is 1.73. The number of nitrogens with one attached hydrogen (secondary N) is 1. The maximum absolute atomic E-state index is 5.47. The molecular formula is C13H18N4O. The van der Waals surface area contributed by atoms with Gasteiger partial charge in [-0.05, 0) is 31.9 Å². The molecule has 0 aromatic carbocycles. The van der Waals surface area contributed by atoms with E-state index >= 15 is 0 Å².